The van der Waals surface area contributed by atoms with Gasteiger partial charge in [0.15, 0.2) is 0 Å². The third-order valence-corrected chi connectivity index (χ3v) is 5.09. The summed E-state index contributed by atoms with van der Waals surface area (Å²) in [5.41, 5.74) is 2.67. The molecule has 25 heavy (non-hydrogen) atoms. The minimum absolute atomic E-state index is 0.317. The summed E-state index contributed by atoms with van der Waals surface area (Å²) < 4.78 is 17.4. The first-order valence-corrected chi connectivity index (χ1v) is 8.63. The van der Waals surface area contributed by atoms with E-state index in [0.29, 0.717) is 0 Å². The van der Waals surface area contributed by atoms with Gasteiger partial charge in [-0.1, -0.05) is 24.3 Å². The zero-order valence-corrected chi connectivity index (χ0v) is 15.6. The van der Waals surface area contributed by atoms with Crippen molar-refractivity contribution in [2.45, 2.75) is 45.4 Å². The number of anilines is 1. The van der Waals surface area contributed by atoms with Gasteiger partial charge in [0.05, 0.1) is 18.3 Å². The Balaban J connectivity index is 1.61. The zero-order chi connectivity index (χ0) is 18.1. The molecule has 0 radical (unpaired) electrons. The molecular formula is C20H26BNO3. The Labute approximate surface area is 150 Å². The van der Waals surface area contributed by atoms with E-state index in [0.717, 1.165) is 23.4 Å². The van der Waals surface area contributed by atoms with Gasteiger partial charge in [0.25, 0.3) is 0 Å². The van der Waals surface area contributed by atoms with Crippen LogP contribution in [0.1, 0.15) is 33.3 Å². The largest absolute Gasteiger partial charge is 0.497 e. The average Bonchev–Trinajstić information content (AvgIpc) is 2.82. The predicted octanol–water partition coefficient (Wildman–Crippen LogP) is 3.61. The molecule has 1 N–H and O–H groups in total. The van der Waals surface area contributed by atoms with Crippen LogP contribution in [0, 0.1) is 0 Å². The molecule has 1 heterocycles. The highest BCUT2D eigenvalue weighted by Crippen LogP contribution is 2.36. The maximum atomic E-state index is 6.09. The van der Waals surface area contributed by atoms with E-state index in [-0.39, 0.29) is 18.3 Å². The van der Waals surface area contributed by atoms with Crippen molar-refractivity contribution in [3.63, 3.8) is 0 Å². The van der Waals surface area contributed by atoms with Crippen molar-refractivity contribution >= 4 is 18.3 Å². The van der Waals surface area contributed by atoms with Crippen LogP contribution in [0.15, 0.2) is 48.5 Å². The molecule has 0 aromatic heterocycles. The minimum atomic E-state index is -0.319. The molecule has 0 saturated carbocycles. The lowest BCUT2D eigenvalue weighted by molar-refractivity contribution is 0.00578. The molecule has 0 aliphatic carbocycles. The van der Waals surface area contributed by atoms with Crippen molar-refractivity contribution in [2.24, 2.45) is 0 Å². The smallest absolute Gasteiger partial charge is 0.494 e. The van der Waals surface area contributed by atoms with Crippen molar-refractivity contribution in [3.8, 4) is 5.75 Å². The molecule has 0 unspecified atom stereocenters. The summed E-state index contributed by atoms with van der Waals surface area (Å²) in [5.74, 6) is 0.871. The van der Waals surface area contributed by atoms with Gasteiger partial charge in [0.2, 0.25) is 0 Å². The predicted molar refractivity (Wildman–Crippen MR) is 102 cm³/mol. The van der Waals surface area contributed by atoms with Crippen molar-refractivity contribution < 1.29 is 14.0 Å². The third-order valence-electron chi connectivity index (χ3n) is 5.09. The molecule has 5 heteroatoms. The zero-order valence-electron chi connectivity index (χ0n) is 15.6. The van der Waals surface area contributed by atoms with Crippen LogP contribution >= 0.6 is 0 Å². The van der Waals surface area contributed by atoms with Gasteiger partial charge in [-0.3, -0.25) is 0 Å². The Kier molecular flexibility index (Phi) is 4.80. The van der Waals surface area contributed by atoms with Gasteiger partial charge < -0.3 is 19.4 Å². The maximum Gasteiger partial charge on any atom is 0.494 e. The molecule has 3 rings (SSSR count). The number of nitrogens with one attached hydrogen (secondary N) is 1. The second kappa shape index (κ2) is 6.73. The average molecular weight is 339 g/mol. The van der Waals surface area contributed by atoms with E-state index < -0.39 is 0 Å². The molecule has 1 saturated heterocycles. The van der Waals surface area contributed by atoms with Crippen molar-refractivity contribution in [2.75, 3.05) is 12.4 Å². The van der Waals surface area contributed by atoms with Gasteiger partial charge in [0.1, 0.15) is 5.75 Å². The number of ether oxygens (including phenoxy) is 1. The number of benzene rings is 2. The molecule has 1 aliphatic rings. The van der Waals surface area contributed by atoms with Crippen molar-refractivity contribution in [3.05, 3.63) is 54.1 Å². The Hall–Kier alpha value is -1.98. The first kappa shape index (κ1) is 17.8. The van der Waals surface area contributed by atoms with Crippen LogP contribution in [0.4, 0.5) is 5.69 Å². The number of hydrogen-bond donors (Lipinski definition) is 1. The first-order valence-electron chi connectivity index (χ1n) is 8.63. The van der Waals surface area contributed by atoms with Gasteiger partial charge in [-0.25, -0.2) is 0 Å². The minimum Gasteiger partial charge on any atom is -0.497 e. The Morgan fingerprint density at radius 3 is 1.96 bits per heavy atom. The summed E-state index contributed by atoms with van der Waals surface area (Å²) in [6.07, 6.45) is 0. The monoisotopic (exact) mass is 339 g/mol. The van der Waals surface area contributed by atoms with Crippen LogP contribution in [0.25, 0.3) is 0 Å². The SMILES string of the molecule is COc1ccc(CNc2ccc(B3OC(C)(C)C(C)(C)O3)cc2)cc1. The molecule has 0 spiro atoms. The van der Waals surface area contributed by atoms with E-state index in [4.69, 9.17) is 14.0 Å². The summed E-state index contributed by atoms with van der Waals surface area (Å²) in [5, 5.41) is 3.43. The van der Waals surface area contributed by atoms with Crippen LogP contribution < -0.4 is 15.5 Å². The second-order valence-corrected chi connectivity index (χ2v) is 7.41. The molecule has 2 aromatic carbocycles. The number of hydrogen-bond acceptors (Lipinski definition) is 4. The fourth-order valence-electron chi connectivity index (χ4n) is 2.68. The molecule has 1 aliphatic heterocycles. The fourth-order valence-corrected chi connectivity index (χ4v) is 2.68. The lowest BCUT2D eigenvalue weighted by Gasteiger charge is -2.32. The van der Waals surface area contributed by atoms with Gasteiger partial charge in [-0.2, -0.15) is 0 Å². The van der Waals surface area contributed by atoms with Crippen LogP contribution in [-0.4, -0.2) is 25.4 Å². The summed E-state index contributed by atoms with van der Waals surface area (Å²) in [6, 6.07) is 16.3. The van der Waals surface area contributed by atoms with Gasteiger partial charge in [-0.05, 0) is 63.0 Å². The summed E-state index contributed by atoms with van der Waals surface area (Å²) >= 11 is 0. The lowest BCUT2D eigenvalue weighted by Crippen LogP contribution is -2.41. The van der Waals surface area contributed by atoms with Crippen molar-refractivity contribution in [1.82, 2.24) is 0 Å². The second-order valence-electron chi connectivity index (χ2n) is 7.41. The van der Waals surface area contributed by atoms with Crippen molar-refractivity contribution in [1.29, 1.82) is 0 Å². The molecule has 132 valence electrons. The van der Waals surface area contributed by atoms with Gasteiger partial charge >= 0.3 is 7.12 Å². The number of rotatable bonds is 5. The quantitative estimate of drug-likeness (QED) is 0.845. The molecular weight excluding hydrogens is 313 g/mol. The first-order chi connectivity index (χ1) is 11.8. The van der Waals surface area contributed by atoms with Crippen LogP contribution in [0.3, 0.4) is 0 Å². The van der Waals surface area contributed by atoms with E-state index in [1.807, 2.05) is 12.1 Å². The van der Waals surface area contributed by atoms with Crippen LogP contribution in [-0.2, 0) is 15.9 Å². The maximum absolute atomic E-state index is 6.09. The third kappa shape index (κ3) is 3.83. The highest BCUT2D eigenvalue weighted by atomic mass is 16.7. The topological polar surface area (TPSA) is 39.7 Å². The van der Waals surface area contributed by atoms with E-state index in [1.54, 1.807) is 7.11 Å². The molecule has 0 amide bonds. The standard InChI is InChI=1S/C20H26BNO3/c1-19(2)20(3,4)25-21(24-19)16-8-10-17(11-9-16)22-14-15-6-12-18(23-5)13-7-15/h6-13,22H,14H2,1-5H3. The molecule has 1 fully saturated rings. The Morgan fingerprint density at radius 1 is 0.880 bits per heavy atom. The summed E-state index contributed by atoms with van der Waals surface area (Å²) in [6.45, 7) is 9.03. The van der Waals surface area contributed by atoms with E-state index in [9.17, 15) is 0 Å². The normalized spacial score (nSPS) is 18.2. The van der Waals surface area contributed by atoms with E-state index >= 15 is 0 Å². The molecule has 0 bridgehead atoms. The Morgan fingerprint density at radius 2 is 1.44 bits per heavy atom. The van der Waals surface area contributed by atoms with Gasteiger partial charge in [0, 0.05) is 12.2 Å². The Bertz CT molecular complexity index is 695. The molecule has 4 nitrogen and oxygen atoms in total. The van der Waals surface area contributed by atoms with Gasteiger partial charge in [-0.15, -0.1) is 0 Å². The van der Waals surface area contributed by atoms with E-state index in [2.05, 4.69) is 69.4 Å². The molecule has 0 atom stereocenters. The van der Waals surface area contributed by atoms with Crippen LogP contribution in [0.5, 0.6) is 5.75 Å². The lowest BCUT2D eigenvalue weighted by atomic mass is 9.79. The summed E-state index contributed by atoms with van der Waals surface area (Å²) in [7, 11) is 1.36. The van der Waals surface area contributed by atoms with E-state index in [1.165, 1.54) is 5.56 Å². The summed E-state index contributed by atoms with van der Waals surface area (Å²) in [4.78, 5) is 0. The number of methoxy groups -OCH3 is 1. The van der Waals surface area contributed by atoms with Crippen LogP contribution in [0.2, 0.25) is 0 Å². The highest BCUT2D eigenvalue weighted by Gasteiger charge is 2.51. The fraction of sp³-hybridized carbons (Fsp3) is 0.400. The highest BCUT2D eigenvalue weighted by molar-refractivity contribution is 6.62. The molecule has 2 aromatic rings.